The van der Waals surface area contributed by atoms with Gasteiger partial charge in [0, 0.05) is 6.20 Å². The molecular weight excluding hydrogens is 136 g/mol. The summed E-state index contributed by atoms with van der Waals surface area (Å²) in [5.74, 6) is 0. The zero-order valence-electron chi connectivity index (χ0n) is 5.06. The van der Waals surface area contributed by atoms with Crippen molar-refractivity contribution in [1.29, 1.82) is 0 Å². The number of nitrogens with zero attached hydrogens (tertiary/aromatic N) is 1. The SMILES string of the molecule is Cc1cncc(N)c1Cl. The van der Waals surface area contributed by atoms with E-state index in [4.69, 9.17) is 17.3 Å². The van der Waals surface area contributed by atoms with Gasteiger partial charge < -0.3 is 5.73 Å². The second-order valence-electron chi connectivity index (χ2n) is 1.86. The van der Waals surface area contributed by atoms with E-state index < -0.39 is 0 Å². The fourth-order valence-electron chi connectivity index (χ4n) is 0.570. The Morgan fingerprint density at radius 1 is 1.56 bits per heavy atom. The van der Waals surface area contributed by atoms with Crippen molar-refractivity contribution in [2.75, 3.05) is 5.73 Å². The van der Waals surface area contributed by atoms with Crippen molar-refractivity contribution in [3.63, 3.8) is 0 Å². The van der Waals surface area contributed by atoms with Gasteiger partial charge in [-0.2, -0.15) is 0 Å². The lowest BCUT2D eigenvalue weighted by atomic mass is 10.3. The summed E-state index contributed by atoms with van der Waals surface area (Å²) >= 11 is 5.71. The molecule has 0 fully saturated rings. The van der Waals surface area contributed by atoms with Crippen LogP contribution in [-0.4, -0.2) is 4.98 Å². The second kappa shape index (κ2) is 2.23. The molecule has 0 atom stereocenters. The first-order chi connectivity index (χ1) is 4.22. The largest absolute Gasteiger partial charge is 0.396 e. The molecule has 0 saturated carbocycles. The monoisotopic (exact) mass is 142 g/mol. The quantitative estimate of drug-likeness (QED) is 0.598. The Balaban J connectivity index is 3.25. The summed E-state index contributed by atoms with van der Waals surface area (Å²) < 4.78 is 0. The molecule has 0 unspecified atom stereocenters. The molecule has 2 N–H and O–H groups in total. The highest BCUT2D eigenvalue weighted by molar-refractivity contribution is 6.33. The van der Waals surface area contributed by atoms with E-state index in [1.165, 1.54) is 6.20 Å². The minimum absolute atomic E-state index is 0.539. The molecular formula is C6H7ClN2. The number of aryl methyl sites for hydroxylation is 1. The number of anilines is 1. The van der Waals surface area contributed by atoms with Crippen molar-refractivity contribution in [3.05, 3.63) is 23.0 Å². The van der Waals surface area contributed by atoms with Crippen molar-refractivity contribution < 1.29 is 0 Å². The second-order valence-corrected chi connectivity index (χ2v) is 2.24. The number of nitrogen functional groups attached to an aromatic ring is 1. The topological polar surface area (TPSA) is 38.9 Å². The number of hydrogen-bond acceptors (Lipinski definition) is 2. The van der Waals surface area contributed by atoms with Gasteiger partial charge in [0.05, 0.1) is 16.9 Å². The average molecular weight is 143 g/mol. The minimum atomic E-state index is 0.539. The van der Waals surface area contributed by atoms with Crippen LogP contribution < -0.4 is 5.73 Å². The number of aromatic nitrogens is 1. The van der Waals surface area contributed by atoms with Crippen molar-refractivity contribution in [2.24, 2.45) is 0 Å². The Kier molecular flexibility index (Phi) is 1.58. The summed E-state index contributed by atoms with van der Waals surface area (Å²) in [6.45, 7) is 1.87. The molecule has 0 aliphatic heterocycles. The first-order valence-electron chi connectivity index (χ1n) is 2.57. The molecule has 0 aliphatic carbocycles. The molecule has 1 rings (SSSR count). The summed E-state index contributed by atoms with van der Waals surface area (Å²) in [6, 6.07) is 0. The first-order valence-corrected chi connectivity index (χ1v) is 2.95. The van der Waals surface area contributed by atoms with Crippen LogP contribution in [-0.2, 0) is 0 Å². The molecule has 0 amide bonds. The Bertz CT molecular complexity index is 202. The molecule has 1 aromatic heterocycles. The maximum Gasteiger partial charge on any atom is 0.0695 e. The van der Waals surface area contributed by atoms with Gasteiger partial charge in [-0.15, -0.1) is 0 Å². The highest BCUT2D eigenvalue weighted by Gasteiger charge is 1.96. The van der Waals surface area contributed by atoms with Crippen molar-refractivity contribution in [1.82, 2.24) is 4.98 Å². The third-order valence-corrected chi connectivity index (χ3v) is 1.60. The Hall–Kier alpha value is -0.760. The predicted octanol–water partition coefficient (Wildman–Crippen LogP) is 1.63. The zero-order valence-corrected chi connectivity index (χ0v) is 5.81. The molecule has 0 aromatic carbocycles. The van der Waals surface area contributed by atoms with Crippen LogP contribution in [0.2, 0.25) is 5.02 Å². The lowest BCUT2D eigenvalue weighted by molar-refractivity contribution is 1.27. The molecule has 3 heteroatoms. The number of rotatable bonds is 0. The van der Waals surface area contributed by atoms with E-state index in [2.05, 4.69) is 4.98 Å². The predicted molar refractivity (Wildman–Crippen MR) is 38.4 cm³/mol. The standard InChI is InChI=1S/C6H7ClN2/c1-4-2-9-3-5(8)6(4)7/h2-3H,8H2,1H3. The van der Waals surface area contributed by atoms with Gasteiger partial charge in [0.2, 0.25) is 0 Å². The Labute approximate surface area is 58.7 Å². The van der Waals surface area contributed by atoms with Crippen LogP contribution in [0.4, 0.5) is 5.69 Å². The summed E-state index contributed by atoms with van der Waals surface area (Å²) in [7, 11) is 0. The van der Waals surface area contributed by atoms with E-state index in [0.717, 1.165) is 5.56 Å². The van der Waals surface area contributed by atoms with Gasteiger partial charge in [0.1, 0.15) is 0 Å². The van der Waals surface area contributed by atoms with Gasteiger partial charge in [-0.1, -0.05) is 11.6 Å². The zero-order chi connectivity index (χ0) is 6.85. The summed E-state index contributed by atoms with van der Waals surface area (Å²) in [5, 5.41) is 0.602. The number of halogens is 1. The minimum Gasteiger partial charge on any atom is -0.396 e. The van der Waals surface area contributed by atoms with E-state index in [1.54, 1.807) is 6.20 Å². The van der Waals surface area contributed by atoms with Crippen LogP contribution >= 0.6 is 11.6 Å². The maximum atomic E-state index is 5.71. The van der Waals surface area contributed by atoms with Crippen molar-refractivity contribution >= 4 is 17.3 Å². The van der Waals surface area contributed by atoms with Crippen molar-refractivity contribution in [2.45, 2.75) is 6.92 Å². The van der Waals surface area contributed by atoms with Crippen LogP contribution in [0.15, 0.2) is 12.4 Å². The Morgan fingerprint density at radius 3 is 2.67 bits per heavy atom. The molecule has 1 aromatic rings. The third-order valence-electron chi connectivity index (χ3n) is 1.08. The van der Waals surface area contributed by atoms with Gasteiger partial charge in [-0.05, 0) is 12.5 Å². The van der Waals surface area contributed by atoms with Gasteiger partial charge in [-0.25, -0.2) is 0 Å². The molecule has 2 nitrogen and oxygen atoms in total. The van der Waals surface area contributed by atoms with Gasteiger partial charge in [0.25, 0.3) is 0 Å². The highest BCUT2D eigenvalue weighted by atomic mass is 35.5. The molecule has 1 heterocycles. The molecule has 9 heavy (non-hydrogen) atoms. The highest BCUT2D eigenvalue weighted by Crippen LogP contribution is 2.19. The summed E-state index contributed by atoms with van der Waals surface area (Å²) in [4.78, 5) is 3.84. The fraction of sp³-hybridized carbons (Fsp3) is 0.167. The van der Waals surface area contributed by atoms with Crippen LogP contribution in [0, 0.1) is 6.92 Å². The smallest absolute Gasteiger partial charge is 0.0695 e. The van der Waals surface area contributed by atoms with E-state index in [-0.39, 0.29) is 0 Å². The van der Waals surface area contributed by atoms with Crippen LogP contribution in [0.25, 0.3) is 0 Å². The molecule has 0 radical (unpaired) electrons. The van der Waals surface area contributed by atoms with Gasteiger partial charge >= 0.3 is 0 Å². The molecule has 48 valence electrons. The molecule has 0 saturated heterocycles. The van der Waals surface area contributed by atoms with E-state index in [1.807, 2.05) is 6.92 Å². The summed E-state index contributed by atoms with van der Waals surface area (Å²) in [6.07, 6.45) is 3.22. The number of pyridine rings is 1. The van der Waals surface area contributed by atoms with Crippen LogP contribution in [0.1, 0.15) is 5.56 Å². The normalized spacial score (nSPS) is 9.56. The van der Waals surface area contributed by atoms with Gasteiger partial charge in [0.15, 0.2) is 0 Å². The van der Waals surface area contributed by atoms with Crippen molar-refractivity contribution in [3.8, 4) is 0 Å². The summed E-state index contributed by atoms with van der Waals surface area (Å²) in [5.41, 5.74) is 6.88. The van der Waals surface area contributed by atoms with E-state index in [9.17, 15) is 0 Å². The first kappa shape index (κ1) is 6.36. The fourth-order valence-corrected chi connectivity index (χ4v) is 0.668. The third kappa shape index (κ3) is 1.13. The lowest BCUT2D eigenvalue weighted by Gasteiger charge is -1.97. The maximum absolute atomic E-state index is 5.71. The molecule has 0 spiro atoms. The molecule has 0 aliphatic rings. The van der Waals surface area contributed by atoms with Crippen LogP contribution in [0.5, 0.6) is 0 Å². The lowest BCUT2D eigenvalue weighted by Crippen LogP contribution is -1.89. The van der Waals surface area contributed by atoms with E-state index in [0.29, 0.717) is 10.7 Å². The number of nitrogens with two attached hydrogens (primary N) is 1. The molecule has 0 bridgehead atoms. The average Bonchev–Trinajstić information content (AvgIpc) is 1.83. The van der Waals surface area contributed by atoms with Crippen LogP contribution in [0.3, 0.4) is 0 Å². The number of hydrogen-bond donors (Lipinski definition) is 1. The Morgan fingerprint density at radius 2 is 2.22 bits per heavy atom. The van der Waals surface area contributed by atoms with E-state index >= 15 is 0 Å². The van der Waals surface area contributed by atoms with Gasteiger partial charge in [-0.3, -0.25) is 4.98 Å².